The molecule has 0 amide bonds. The van der Waals surface area contributed by atoms with Gasteiger partial charge in [0.1, 0.15) is 5.75 Å². The van der Waals surface area contributed by atoms with Gasteiger partial charge in [-0.05, 0) is 62.1 Å². The Balaban J connectivity index is 1.44. The monoisotopic (exact) mass is 366 g/mol. The summed E-state index contributed by atoms with van der Waals surface area (Å²) in [6.45, 7) is 4.20. The van der Waals surface area contributed by atoms with Crippen molar-refractivity contribution < 1.29 is 9.47 Å². The zero-order chi connectivity index (χ0) is 18.5. The van der Waals surface area contributed by atoms with Crippen LogP contribution in [0.25, 0.3) is 0 Å². The molecule has 1 atom stereocenters. The van der Waals surface area contributed by atoms with Crippen LogP contribution in [0.1, 0.15) is 48.6 Å². The summed E-state index contributed by atoms with van der Waals surface area (Å²) in [5, 5.41) is 0. The summed E-state index contributed by atoms with van der Waals surface area (Å²) in [6, 6.07) is 15.5. The fourth-order valence-corrected chi connectivity index (χ4v) is 4.45. The van der Waals surface area contributed by atoms with Gasteiger partial charge in [-0.15, -0.1) is 0 Å². The standard InChI is InChI=1S/C23H30N2O2/c1-26-22-8-2-5-18(16-22)15-20-7-3-9-23(24-20)19-6-4-12-25(17-19)21-10-13-27-14-11-21/h2-3,5,7-9,16,19,21H,4,6,10-15,17H2,1H3. The van der Waals surface area contributed by atoms with Crippen molar-refractivity contribution in [3.05, 3.63) is 59.4 Å². The summed E-state index contributed by atoms with van der Waals surface area (Å²) >= 11 is 0. The fourth-order valence-electron chi connectivity index (χ4n) is 4.45. The van der Waals surface area contributed by atoms with Crippen LogP contribution in [0, 0.1) is 0 Å². The fraction of sp³-hybridized carbons (Fsp3) is 0.522. The first-order valence-electron chi connectivity index (χ1n) is 10.2. The Kier molecular flexibility index (Phi) is 6.05. The summed E-state index contributed by atoms with van der Waals surface area (Å²) in [4.78, 5) is 7.72. The third-order valence-electron chi connectivity index (χ3n) is 5.93. The average molecular weight is 367 g/mol. The van der Waals surface area contributed by atoms with E-state index in [0.717, 1.165) is 37.6 Å². The van der Waals surface area contributed by atoms with Crippen LogP contribution in [-0.4, -0.2) is 49.3 Å². The number of hydrogen-bond acceptors (Lipinski definition) is 4. The predicted octanol–water partition coefficient (Wildman–Crippen LogP) is 4.04. The summed E-state index contributed by atoms with van der Waals surface area (Å²) in [7, 11) is 1.71. The average Bonchev–Trinajstić information content (AvgIpc) is 2.75. The first-order chi connectivity index (χ1) is 13.3. The molecule has 2 aliphatic rings. The van der Waals surface area contributed by atoms with Crippen LogP contribution in [0.15, 0.2) is 42.5 Å². The predicted molar refractivity (Wildman–Crippen MR) is 107 cm³/mol. The number of likely N-dealkylation sites (tertiary alicyclic amines) is 1. The van der Waals surface area contributed by atoms with Gasteiger partial charge in [-0.2, -0.15) is 0 Å². The highest BCUT2D eigenvalue weighted by Crippen LogP contribution is 2.29. The molecule has 144 valence electrons. The molecule has 4 rings (SSSR count). The Morgan fingerprint density at radius 3 is 2.81 bits per heavy atom. The van der Waals surface area contributed by atoms with E-state index in [-0.39, 0.29) is 0 Å². The maximum absolute atomic E-state index is 5.54. The minimum Gasteiger partial charge on any atom is -0.497 e. The van der Waals surface area contributed by atoms with Crippen LogP contribution in [-0.2, 0) is 11.2 Å². The SMILES string of the molecule is COc1cccc(Cc2cccc(C3CCCN(C4CCOCC4)C3)n2)c1. The number of nitrogens with zero attached hydrogens (tertiary/aromatic N) is 2. The van der Waals surface area contributed by atoms with Crippen molar-refractivity contribution in [3.63, 3.8) is 0 Å². The van der Waals surface area contributed by atoms with Gasteiger partial charge in [-0.25, -0.2) is 0 Å². The third-order valence-corrected chi connectivity index (χ3v) is 5.93. The lowest BCUT2D eigenvalue weighted by molar-refractivity contribution is 0.0237. The van der Waals surface area contributed by atoms with E-state index in [9.17, 15) is 0 Å². The van der Waals surface area contributed by atoms with Crippen molar-refractivity contribution in [1.82, 2.24) is 9.88 Å². The van der Waals surface area contributed by atoms with Gasteiger partial charge in [-0.1, -0.05) is 18.2 Å². The maximum atomic E-state index is 5.54. The largest absolute Gasteiger partial charge is 0.497 e. The van der Waals surface area contributed by atoms with Crippen molar-refractivity contribution in [1.29, 1.82) is 0 Å². The number of ether oxygens (including phenoxy) is 2. The van der Waals surface area contributed by atoms with Crippen LogP contribution in [0.3, 0.4) is 0 Å². The van der Waals surface area contributed by atoms with Gasteiger partial charge < -0.3 is 9.47 Å². The highest BCUT2D eigenvalue weighted by atomic mass is 16.5. The molecule has 0 N–H and O–H groups in total. The number of hydrogen-bond donors (Lipinski definition) is 0. The second-order valence-corrected chi connectivity index (χ2v) is 7.76. The third kappa shape index (κ3) is 4.69. The summed E-state index contributed by atoms with van der Waals surface area (Å²) < 4.78 is 10.9. The number of aromatic nitrogens is 1. The minimum atomic E-state index is 0.548. The van der Waals surface area contributed by atoms with E-state index < -0.39 is 0 Å². The molecule has 0 aliphatic carbocycles. The number of methoxy groups -OCH3 is 1. The van der Waals surface area contributed by atoms with Gasteiger partial charge in [0, 0.05) is 49.5 Å². The van der Waals surface area contributed by atoms with Gasteiger partial charge in [0.2, 0.25) is 0 Å². The highest BCUT2D eigenvalue weighted by Gasteiger charge is 2.28. The molecule has 2 aliphatic heterocycles. The van der Waals surface area contributed by atoms with Crippen molar-refractivity contribution in [2.75, 3.05) is 33.4 Å². The van der Waals surface area contributed by atoms with E-state index in [2.05, 4.69) is 35.2 Å². The van der Waals surface area contributed by atoms with E-state index in [0.29, 0.717) is 12.0 Å². The molecular formula is C23H30N2O2. The van der Waals surface area contributed by atoms with Gasteiger partial charge in [-0.3, -0.25) is 9.88 Å². The Morgan fingerprint density at radius 2 is 1.96 bits per heavy atom. The number of benzene rings is 1. The van der Waals surface area contributed by atoms with Crippen LogP contribution >= 0.6 is 0 Å². The van der Waals surface area contributed by atoms with Crippen LogP contribution in [0.2, 0.25) is 0 Å². The summed E-state index contributed by atoms with van der Waals surface area (Å²) in [6.07, 6.45) is 5.71. The van der Waals surface area contributed by atoms with Crippen LogP contribution in [0.4, 0.5) is 0 Å². The minimum absolute atomic E-state index is 0.548. The molecule has 0 radical (unpaired) electrons. The Labute approximate surface area is 162 Å². The van der Waals surface area contributed by atoms with E-state index >= 15 is 0 Å². The molecule has 0 bridgehead atoms. The van der Waals surface area contributed by atoms with E-state index in [4.69, 9.17) is 14.5 Å². The topological polar surface area (TPSA) is 34.6 Å². The Morgan fingerprint density at radius 1 is 1.11 bits per heavy atom. The molecule has 4 nitrogen and oxygen atoms in total. The molecular weight excluding hydrogens is 336 g/mol. The molecule has 2 fully saturated rings. The van der Waals surface area contributed by atoms with Crippen LogP contribution < -0.4 is 4.74 Å². The molecule has 0 saturated carbocycles. The van der Waals surface area contributed by atoms with E-state index in [1.165, 1.54) is 43.5 Å². The smallest absolute Gasteiger partial charge is 0.119 e. The highest BCUT2D eigenvalue weighted by molar-refractivity contribution is 5.31. The summed E-state index contributed by atoms with van der Waals surface area (Å²) in [5.41, 5.74) is 3.64. The molecule has 2 aromatic rings. The quantitative estimate of drug-likeness (QED) is 0.800. The number of piperidine rings is 1. The zero-order valence-corrected chi connectivity index (χ0v) is 16.3. The second-order valence-electron chi connectivity index (χ2n) is 7.76. The van der Waals surface area contributed by atoms with Gasteiger partial charge in [0.15, 0.2) is 0 Å². The molecule has 2 saturated heterocycles. The maximum Gasteiger partial charge on any atom is 0.119 e. The number of pyridine rings is 1. The molecule has 3 heterocycles. The Hall–Kier alpha value is -1.91. The lowest BCUT2D eigenvalue weighted by Gasteiger charge is -2.39. The Bertz CT molecular complexity index is 743. The van der Waals surface area contributed by atoms with Crippen LogP contribution in [0.5, 0.6) is 5.75 Å². The van der Waals surface area contributed by atoms with Crippen molar-refractivity contribution >= 4 is 0 Å². The molecule has 0 spiro atoms. The first kappa shape index (κ1) is 18.5. The van der Waals surface area contributed by atoms with Crippen molar-refractivity contribution in [2.45, 2.75) is 44.1 Å². The molecule has 4 heteroatoms. The normalized spacial score (nSPS) is 21.9. The van der Waals surface area contributed by atoms with E-state index in [1.807, 2.05) is 12.1 Å². The molecule has 1 unspecified atom stereocenters. The lowest BCUT2D eigenvalue weighted by atomic mass is 9.91. The van der Waals surface area contributed by atoms with Crippen molar-refractivity contribution in [3.8, 4) is 5.75 Å². The van der Waals surface area contributed by atoms with Crippen molar-refractivity contribution in [2.24, 2.45) is 0 Å². The lowest BCUT2D eigenvalue weighted by Crippen LogP contribution is -2.44. The van der Waals surface area contributed by atoms with Gasteiger partial charge >= 0.3 is 0 Å². The first-order valence-corrected chi connectivity index (χ1v) is 10.2. The van der Waals surface area contributed by atoms with E-state index in [1.54, 1.807) is 7.11 Å². The second kappa shape index (κ2) is 8.85. The zero-order valence-electron chi connectivity index (χ0n) is 16.3. The molecule has 1 aromatic heterocycles. The number of rotatable bonds is 5. The van der Waals surface area contributed by atoms with Gasteiger partial charge in [0.05, 0.1) is 7.11 Å². The molecule has 27 heavy (non-hydrogen) atoms. The molecule has 1 aromatic carbocycles. The summed E-state index contributed by atoms with van der Waals surface area (Å²) in [5.74, 6) is 1.45. The van der Waals surface area contributed by atoms with Gasteiger partial charge in [0.25, 0.3) is 0 Å².